The normalized spacial score (nSPS) is 15.2. The van der Waals surface area contributed by atoms with Crippen molar-refractivity contribution < 1.29 is 14.3 Å². The van der Waals surface area contributed by atoms with E-state index in [2.05, 4.69) is 20.7 Å². The van der Waals surface area contributed by atoms with Crippen LogP contribution in [-0.2, 0) is 9.59 Å². The van der Waals surface area contributed by atoms with Crippen molar-refractivity contribution in [2.75, 3.05) is 11.9 Å². The van der Waals surface area contributed by atoms with Crippen molar-refractivity contribution >= 4 is 29.1 Å². The fourth-order valence-electron chi connectivity index (χ4n) is 3.04. The van der Waals surface area contributed by atoms with Crippen LogP contribution in [0.3, 0.4) is 0 Å². The largest absolute Gasteiger partial charge is 0.493 e. The van der Waals surface area contributed by atoms with E-state index in [9.17, 15) is 9.59 Å². The molecule has 0 saturated carbocycles. The average molecular weight is 398 g/mol. The van der Waals surface area contributed by atoms with Gasteiger partial charge < -0.3 is 15.4 Å². The first kappa shape index (κ1) is 18.0. The standard InChI is InChI=1S/C19H16ClN5O3/c20-12-5-6-16(25-11-21-10-22-25)15(9-12)24-19(27)18(26)23-14-7-8-28-17-4-2-1-3-13(14)17/h1-6,9-11,14H,7-8H2,(H,23,26)(H,24,27). The number of rotatable bonds is 3. The summed E-state index contributed by atoms with van der Waals surface area (Å²) < 4.78 is 7.05. The Bertz CT molecular complexity index is 1020. The second-order valence-corrected chi connectivity index (χ2v) is 6.59. The number of halogens is 1. The molecule has 1 unspecified atom stereocenters. The molecule has 0 fully saturated rings. The highest BCUT2D eigenvalue weighted by atomic mass is 35.5. The number of fused-ring (bicyclic) bond motifs is 1. The third-order valence-corrected chi connectivity index (χ3v) is 4.58. The molecule has 9 heteroatoms. The highest BCUT2D eigenvalue weighted by Crippen LogP contribution is 2.31. The zero-order valence-corrected chi connectivity index (χ0v) is 15.4. The summed E-state index contributed by atoms with van der Waals surface area (Å²) in [6.45, 7) is 0.467. The molecule has 8 nitrogen and oxygen atoms in total. The van der Waals surface area contributed by atoms with Crippen LogP contribution in [0.1, 0.15) is 18.0 Å². The van der Waals surface area contributed by atoms with Crippen LogP contribution >= 0.6 is 11.6 Å². The van der Waals surface area contributed by atoms with Crippen molar-refractivity contribution in [2.24, 2.45) is 0 Å². The van der Waals surface area contributed by atoms with Crippen molar-refractivity contribution in [3.8, 4) is 11.4 Å². The summed E-state index contributed by atoms with van der Waals surface area (Å²) in [5.74, 6) is -0.832. The molecule has 2 aromatic carbocycles. The van der Waals surface area contributed by atoms with Gasteiger partial charge in [0.1, 0.15) is 18.4 Å². The van der Waals surface area contributed by atoms with E-state index in [1.54, 1.807) is 18.2 Å². The van der Waals surface area contributed by atoms with Gasteiger partial charge in [-0.1, -0.05) is 29.8 Å². The number of aromatic nitrogens is 3. The molecule has 4 rings (SSSR count). The number of amides is 2. The van der Waals surface area contributed by atoms with E-state index >= 15 is 0 Å². The fourth-order valence-corrected chi connectivity index (χ4v) is 3.21. The van der Waals surface area contributed by atoms with E-state index in [4.69, 9.17) is 16.3 Å². The molecule has 2 N–H and O–H groups in total. The Morgan fingerprint density at radius 2 is 2.04 bits per heavy atom. The summed E-state index contributed by atoms with van der Waals surface area (Å²) in [5.41, 5.74) is 1.74. The lowest BCUT2D eigenvalue weighted by atomic mass is 10.0. The smallest absolute Gasteiger partial charge is 0.313 e. The average Bonchev–Trinajstić information content (AvgIpc) is 3.23. The number of nitrogens with zero attached hydrogens (tertiary/aromatic N) is 3. The van der Waals surface area contributed by atoms with Crippen LogP contribution < -0.4 is 15.4 Å². The third kappa shape index (κ3) is 3.67. The zero-order valence-electron chi connectivity index (χ0n) is 14.6. The SMILES string of the molecule is O=C(Nc1cc(Cl)ccc1-n1cncn1)C(=O)NC1CCOc2ccccc21. The molecular formula is C19H16ClN5O3. The van der Waals surface area contributed by atoms with Gasteiger partial charge in [0.05, 0.1) is 24.0 Å². The van der Waals surface area contributed by atoms with Gasteiger partial charge >= 0.3 is 11.8 Å². The highest BCUT2D eigenvalue weighted by Gasteiger charge is 2.25. The summed E-state index contributed by atoms with van der Waals surface area (Å²) in [5, 5.41) is 9.82. The van der Waals surface area contributed by atoms with Gasteiger partial charge in [-0.05, 0) is 24.3 Å². The second kappa shape index (κ2) is 7.69. The first-order chi connectivity index (χ1) is 13.6. The van der Waals surface area contributed by atoms with Gasteiger partial charge in [-0.25, -0.2) is 9.67 Å². The molecule has 3 aromatic rings. The Labute approximate surface area is 165 Å². The van der Waals surface area contributed by atoms with E-state index in [1.807, 2.05) is 24.3 Å². The van der Waals surface area contributed by atoms with Crippen LogP contribution in [-0.4, -0.2) is 33.2 Å². The number of ether oxygens (including phenoxy) is 1. The predicted octanol–water partition coefficient (Wildman–Crippen LogP) is 2.50. The van der Waals surface area contributed by atoms with E-state index in [0.29, 0.717) is 35.2 Å². The van der Waals surface area contributed by atoms with Crippen LogP contribution in [0.25, 0.3) is 5.69 Å². The maximum atomic E-state index is 12.5. The van der Waals surface area contributed by atoms with Gasteiger partial charge in [0.15, 0.2) is 0 Å². The van der Waals surface area contributed by atoms with Gasteiger partial charge in [0.25, 0.3) is 0 Å². The molecular weight excluding hydrogens is 382 g/mol. The molecule has 1 aliphatic rings. The quantitative estimate of drug-likeness (QED) is 0.662. The Balaban J connectivity index is 1.51. The molecule has 0 bridgehead atoms. The molecule has 142 valence electrons. The topological polar surface area (TPSA) is 98.1 Å². The van der Waals surface area contributed by atoms with Crippen molar-refractivity contribution in [3.63, 3.8) is 0 Å². The van der Waals surface area contributed by atoms with Crippen molar-refractivity contribution in [1.29, 1.82) is 0 Å². The number of para-hydroxylation sites is 1. The Morgan fingerprint density at radius 1 is 1.18 bits per heavy atom. The third-order valence-electron chi connectivity index (χ3n) is 4.34. The van der Waals surface area contributed by atoms with E-state index < -0.39 is 11.8 Å². The fraction of sp³-hybridized carbons (Fsp3) is 0.158. The highest BCUT2D eigenvalue weighted by molar-refractivity contribution is 6.40. The first-order valence-corrected chi connectivity index (χ1v) is 8.98. The van der Waals surface area contributed by atoms with Gasteiger partial charge in [0, 0.05) is 17.0 Å². The number of hydrogen-bond acceptors (Lipinski definition) is 5. The summed E-state index contributed by atoms with van der Waals surface area (Å²) in [4.78, 5) is 28.9. The summed E-state index contributed by atoms with van der Waals surface area (Å²) in [6.07, 6.45) is 3.44. The lowest BCUT2D eigenvalue weighted by Crippen LogP contribution is -2.39. The van der Waals surface area contributed by atoms with Crippen LogP contribution in [0.5, 0.6) is 5.75 Å². The molecule has 0 aliphatic carbocycles. The lowest BCUT2D eigenvalue weighted by molar-refractivity contribution is -0.136. The van der Waals surface area contributed by atoms with Gasteiger partial charge in [-0.3, -0.25) is 9.59 Å². The zero-order chi connectivity index (χ0) is 19.5. The van der Waals surface area contributed by atoms with Crippen LogP contribution in [0.2, 0.25) is 5.02 Å². The molecule has 2 amide bonds. The minimum atomic E-state index is -0.799. The maximum Gasteiger partial charge on any atom is 0.313 e. The monoisotopic (exact) mass is 397 g/mol. The molecule has 1 aromatic heterocycles. The molecule has 1 aliphatic heterocycles. The molecule has 0 saturated heterocycles. The minimum absolute atomic E-state index is 0.294. The molecule has 0 spiro atoms. The van der Waals surface area contributed by atoms with Crippen LogP contribution in [0.4, 0.5) is 5.69 Å². The summed E-state index contributed by atoms with van der Waals surface area (Å²) in [6, 6.07) is 12.0. The maximum absolute atomic E-state index is 12.5. The van der Waals surface area contributed by atoms with Gasteiger partial charge in [-0.2, -0.15) is 5.10 Å². The number of hydrogen-bond donors (Lipinski definition) is 2. The van der Waals surface area contributed by atoms with E-state index in [1.165, 1.54) is 17.3 Å². The van der Waals surface area contributed by atoms with Crippen LogP contribution in [0, 0.1) is 0 Å². The number of carbonyl (C=O) groups excluding carboxylic acids is 2. The van der Waals surface area contributed by atoms with Gasteiger partial charge in [-0.15, -0.1) is 0 Å². The number of anilines is 1. The number of nitrogens with one attached hydrogen (secondary N) is 2. The molecule has 0 radical (unpaired) electrons. The molecule has 1 atom stereocenters. The van der Waals surface area contributed by atoms with Crippen molar-refractivity contribution in [2.45, 2.75) is 12.5 Å². The lowest BCUT2D eigenvalue weighted by Gasteiger charge is -2.26. The summed E-state index contributed by atoms with van der Waals surface area (Å²) in [7, 11) is 0. The van der Waals surface area contributed by atoms with E-state index in [0.717, 1.165) is 5.56 Å². The van der Waals surface area contributed by atoms with Crippen molar-refractivity contribution in [3.05, 3.63) is 65.7 Å². The summed E-state index contributed by atoms with van der Waals surface area (Å²) >= 11 is 6.04. The minimum Gasteiger partial charge on any atom is -0.493 e. The Hall–Kier alpha value is -3.39. The predicted molar refractivity (Wildman–Crippen MR) is 102 cm³/mol. The number of carbonyl (C=O) groups is 2. The first-order valence-electron chi connectivity index (χ1n) is 8.60. The molecule has 28 heavy (non-hydrogen) atoms. The molecule has 2 heterocycles. The second-order valence-electron chi connectivity index (χ2n) is 6.16. The number of benzene rings is 2. The van der Waals surface area contributed by atoms with Crippen LogP contribution in [0.15, 0.2) is 55.1 Å². The van der Waals surface area contributed by atoms with E-state index in [-0.39, 0.29) is 6.04 Å². The Kier molecular flexibility index (Phi) is 4.94. The Morgan fingerprint density at radius 3 is 2.86 bits per heavy atom. The van der Waals surface area contributed by atoms with Gasteiger partial charge in [0.2, 0.25) is 0 Å². The van der Waals surface area contributed by atoms with Crippen molar-refractivity contribution in [1.82, 2.24) is 20.1 Å².